The monoisotopic (exact) mass is 556 g/mol. The summed E-state index contributed by atoms with van der Waals surface area (Å²) >= 11 is 13.0. The zero-order valence-electron chi connectivity index (χ0n) is 20.4. The summed E-state index contributed by atoms with van der Waals surface area (Å²) in [5, 5.41) is 9.88. The van der Waals surface area contributed by atoms with Crippen molar-refractivity contribution in [2.24, 2.45) is 18.9 Å². The number of hydrogen-bond donors (Lipinski definition) is 1. The summed E-state index contributed by atoms with van der Waals surface area (Å²) in [4.78, 5) is 34.0. The number of carbonyl (C=O) groups excluding carboxylic acids is 1. The Kier molecular flexibility index (Phi) is 7.45. The predicted molar refractivity (Wildman–Crippen MR) is 133 cm³/mol. The molecule has 1 amide bonds. The summed E-state index contributed by atoms with van der Waals surface area (Å²) in [5.41, 5.74) is 0.770. The molecule has 1 saturated heterocycles. The van der Waals surface area contributed by atoms with Gasteiger partial charge < -0.3 is 14.6 Å². The first-order chi connectivity index (χ1) is 17.3. The number of nitrogens with zero attached hydrogens (tertiary/aromatic N) is 4. The third-order valence-electron chi connectivity index (χ3n) is 7.05. The summed E-state index contributed by atoms with van der Waals surface area (Å²) in [6.45, 7) is 4.29. The lowest BCUT2D eigenvalue weighted by molar-refractivity contribution is -0.141. The molecule has 0 bridgehead atoms. The SMILES string of the molecule is Cc1cc(C(F)(F)F)nc2c1cc(Cc1c(Cl)ncc(C(=O)N3CC[C@@H](CC(=O)O)[C@@H](C)C3)c1Cl)n2C. The maximum Gasteiger partial charge on any atom is 0.433 e. The van der Waals surface area contributed by atoms with Crippen LogP contribution in [0.3, 0.4) is 0 Å². The Labute approximate surface area is 221 Å². The predicted octanol–water partition coefficient (Wildman–Crippen LogP) is 5.77. The quantitative estimate of drug-likeness (QED) is 0.403. The van der Waals surface area contributed by atoms with Gasteiger partial charge in [0.25, 0.3) is 5.91 Å². The van der Waals surface area contributed by atoms with E-state index in [9.17, 15) is 22.8 Å². The Hall–Kier alpha value is -2.85. The average molecular weight is 557 g/mol. The summed E-state index contributed by atoms with van der Waals surface area (Å²) in [5.74, 6) is -1.21. The zero-order chi connectivity index (χ0) is 27.2. The van der Waals surface area contributed by atoms with Crippen LogP contribution in [0, 0.1) is 18.8 Å². The fraction of sp³-hybridized carbons (Fsp3) is 0.440. The Morgan fingerprint density at radius 1 is 1.24 bits per heavy atom. The van der Waals surface area contributed by atoms with Crippen molar-refractivity contribution >= 4 is 46.1 Å². The number of likely N-dealkylation sites (tertiary alicyclic amines) is 1. The number of carboxylic acid groups (broad SMARTS) is 1. The van der Waals surface area contributed by atoms with Crippen LogP contribution in [-0.4, -0.2) is 49.5 Å². The average Bonchev–Trinajstić information content (AvgIpc) is 3.12. The lowest BCUT2D eigenvalue weighted by Gasteiger charge is -2.36. The number of pyridine rings is 2. The number of rotatable bonds is 5. The maximum atomic E-state index is 13.3. The smallest absolute Gasteiger partial charge is 0.433 e. The molecule has 1 aliphatic heterocycles. The second-order valence-corrected chi connectivity index (χ2v) is 10.3. The molecule has 12 heteroatoms. The lowest BCUT2D eigenvalue weighted by Crippen LogP contribution is -2.43. The molecule has 0 aliphatic carbocycles. The van der Waals surface area contributed by atoms with Crippen LogP contribution in [0.15, 0.2) is 18.3 Å². The first-order valence-electron chi connectivity index (χ1n) is 11.6. The van der Waals surface area contributed by atoms with Crippen molar-refractivity contribution in [2.75, 3.05) is 13.1 Å². The Balaban J connectivity index is 1.63. The summed E-state index contributed by atoms with van der Waals surface area (Å²) in [6, 6.07) is 2.74. The van der Waals surface area contributed by atoms with Crippen LogP contribution in [0.25, 0.3) is 11.0 Å². The standard InChI is InChI=1S/C25H25Cl2F3N4O3/c1-12-6-19(25(28,29)30)32-23-16(12)8-15(33(23)3)9-17-21(26)18(10-31-22(17)27)24(37)34-5-4-14(7-20(35)36)13(2)11-34/h6,8,10,13-14H,4-5,7,9,11H2,1-3H3,(H,35,36)/t13-,14-/m0/s1. The van der Waals surface area contributed by atoms with E-state index in [4.69, 9.17) is 28.3 Å². The summed E-state index contributed by atoms with van der Waals surface area (Å²) in [6.07, 6.45) is -2.52. The Bertz CT molecular complexity index is 1390. The van der Waals surface area contributed by atoms with E-state index in [2.05, 4.69) is 9.97 Å². The van der Waals surface area contributed by atoms with E-state index >= 15 is 0 Å². The molecule has 37 heavy (non-hydrogen) atoms. The molecule has 0 spiro atoms. The molecule has 0 saturated carbocycles. The van der Waals surface area contributed by atoms with E-state index in [0.29, 0.717) is 41.7 Å². The molecule has 1 fully saturated rings. The molecule has 0 aromatic carbocycles. The molecule has 4 heterocycles. The van der Waals surface area contributed by atoms with Crippen LogP contribution in [0.1, 0.15) is 52.6 Å². The number of hydrogen-bond acceptors (Lipinski definition) is 4. The Morgan fingerprint density at radius 2 is 1.95 bits per heavy atom. The highest BCUT2D eigenvalue weighted by Gasteiger charge is 2.34. The maximum absolute atomic E-state index is 13.3. The van der Waals surface area contributed by atoms with E-state index in [1.165, 1.54) is 6.20 Å². The number of fused-ring (bicyclic) bond motifs is 1. The first kappa shape index (κ1) is 27.2. The number of amides is 1. The number of halogens is 5. The number of alkyl halides is 3. The normalized spacial score (nSPS) is 18.4. The topological polar surface area (TPSA) is 88.3 Å². The molecule has 3 aromatic rings. The minimum atomic E-state index is -4.58. The molecule has 0 radical (unpaired) electrons. The third kappa shape index (κ3) is 5.40. The number of carboxylic acids is 1. The van der Waals surface area contributed by atoms with Gasteiger partial charge in [0.15, 0.2) is 0 Å². The van der Waals surface area contributed by atoms with Gasteiger partial charge in [-0.15, -0.1) is 0 Å². The molecule has 2 atom stereocenters. The van der Waals surface area contributed by atoms with Gasteiger partial charge in [-0.2, -0.15) is 13.2 Å². The van der Waals surface area contributed by atoms with Crippen molar-refractivity contribution in [1.82, 2.24) is 19.4 Å². The molecular weight excluding hydrogens is 532 g/mol. The van der Waals surface area contributed by atoms with Crippen LogP contribution in [0.2, 0.25) is 10.2 Å². The molecule has 4 rings (SSSR count). The second-order valence-electron chi connectivity index (χ2n) is 9.56. The van der Waals surface area contributed by atoms with Crippen LogP contribution >= 0.6 is 23.2 Å². The minimum Gasteiger partial charge on any atom is -0.481 e. The van der Waals surface area contributed by atoms with Crippen molar-refractivity contribution in [3.63, 3.8) is 0 Å². The van der Waals surface area contributed by atoms with E-state index < -0.39 is 17.8 Å². The third-order valence-corrected chi connectivity index (χ3v) is 7.81. The molecular formula is C25H25Cl2F3N4O3. The van der Waals surface area contributed by atoms with Gasteiger partial charge in [0, 0.05) is 55.8 Å². The van der Waals surface area contributed by atoms with Gasteiger partial charge in [-0.05, 0) is 42.9 Å². The van der Waals surface area contributed by atoms with E-state index in [1.807, 2.05) is 6.92 Å². The molecule has 0 unspecified atom stereocenters. The van der Waals surface area contributed by atoms with Crippen LogP contribution in [0.4, 0.5) is 13.2 Å². The van der Waals surface area contributed by atoms with Crippen molar-refractivity contribution < 1.29 is 27.9 Å². The van der Waals surface area contributed by atoms with Crippen molar-refractivity contribution in [1.29, 1.82) is 0 Å². The van der Waals surface area contributed by atoms with E-state index in [1.54, 1.807) is 29.5 Å². The van der Waals surface area contributed by atoms with Crippen molar-refractivity contribution in [2.45, 2.75) is 39.3 Å². The van der Waals surface area contributed by atoms with E-state index in [0.717, 1.165) is 6.07 Å². The lowest BCUT2D eigenvalue weighted by atomic mass is 9.84. The van der Waals surface area contributed by atoms with Gasteiger partial charge in [-0.3, -0.25) is 9.59 Å². The van der Waals surface area contributed by atoms with Gasteiger partial charge in [0.2, 0.25) is 0 Å². The van der Waals surface area contributed by atoms with Crippen LogP contribution in [0.5, 0.6) is 0 Å². The second kappa shape index (κ2) is 10.1. The Morgan fingerprint density at radius 3 is 2.57 bits per heavy atom. The van der Waals surface area contributed by atoms with Crippen molar-refractivity contribution in [3.8, 4) is 0 Å². The fourth-order valence-corrected chi connectivity index (χ4v) is 5.42. The molecule has 1 N–H and O–H groups in total. The number of aliphatic carboxylic acids is 1. The van der Waals surface area contributed by atoms with Gasteiger partial charge >= 0.3 is 12.1 Å². The van der Waals surface area contributed by atoms with E-state index in [-0.39, 0.29) is 52.0 Å². The number of aromatic nitrogens is 3. The molecule has 3 aromatic heterocycles. The number of aryl methyl sites for hydroxylation is 2. The first-order valence-corrected chi connectivity index (χ1v) is 12.4. The molecule has 7 nitrogen and oxygen atoms in total. The highest BCUT2D eigenvalue weighted by atomic mass is 35.5. The minimum absolute atomic E-state index is 0.000400. The highest BCUT2D eigenvalue weighted by molar-refractivity contribution is 6.37. The van der Waals surface area contributed by atoms with Gasteiger partial charge in [-0.1, -0.05) is 30.1 Å². The zero-order valence-corrected chi connectivity index (χ0v) is 21.9. The largest absolute Gasteiger partial charge is 0.481 e. The van der Waals surface area contributed by atoms with Gasteiger partial charge in [-0.25, -0.2) is 9.97 Å². The summed E-state index contributed by atoms with van der Waals surface area (Å²) < 4.78 is 41.4. The molecule has 198 valence electrons. The highest BCUT2D eigenvalue weighted by Crippen LogP contribution is 2.35. The number of carbonyl (C=O) groups is 2. The van der Waals surface area contributed by atoms with Crippen LogP contribution in [-0.2, 0) is 24.4 Å². The fourth-order valence-electron chi connectivity index (χ4n) is 4.88. The number of piperidine rings is 1. The van der Waals surface area contributed by atoms with Crippen molar-refractivity contribution in [3.05, 3.63) is 56.6 Å². The molecule has 1 aliphatic rings. The van der Waals surface area contributed by atoms with Gasteiger partial charge in [0.1, 0.15) is 16.5 Å². The summed E-state index contributed by atoms with van der Waals surface area (Å²) in [7, 11) is 1.61. The van der Waals surface area contributed by atoms with Gasteiger partial charge in [0.05, 0.1) is 10.6 Å². The van der Waals surface area contributed by atoms with Crippen LogP contribution < -0.4 is 0 Å².